The first kappa shape index (κ1) is 8.18. The summed E-state index contributed by atoms with van der Waals surface area (Å²) >= 11 is 0. The van der Waals surface area contributed by atoms with Crippen LogP contribution < -0.4 is 4.90 Å². The highest BCUT2D eigenvalue weighted by Crippen LogP contribution is 2.16. The summed E-state index contributed by atoms with van der Waals surface area (Å²) in [5.74, 6) is 0.979. The molecule has 0 aromatic carbocycles. The van der Waals surface area contributed by atoms with Crippen LogP contribution in [0.3, 0.4) is 0 Å². The van der Waals surface area contributed by atoms with Crippen LogP contribution >= 0.6 is 0 Å². The lowest BCUT2D eigenvalue weighted by atomic mass is 10.4. The van der Waals surface area contributed by atoms with Gasteiger partial charge in [-0.3, -0.25) is 0 Å². The third-order valence-corrected chi connectivity index (χ3v) is 1.85. The molecule has 11 heavy (non-hydrogen) atoms. The second-order valence-electron chi connectivity index (χ2n) is 2.59. The van der Waals surface area contributed by atoms with Gasteiger partial charge in [0.05, 0.1) is 5.69 Å². The molecule has 0 aliphatic carbocycles. The monoisotopic (exact) mass is 153 g/mol. The third kappa shape index (κ3) is 1.76. The van der Waals surface area contributed by atoms with Crippen LogP contribution in [0, 0.1) is 6.92 Å². The Bertz CT molecular complexity index is 213. The van der Waals surface area contributed by atoms with Gasteiger partial charge in [-0.25, -0.2) is 0 Å². The van der Waals surface area contributed by atoms with E-state index in [1.54, 1.807) is 0 Å². The number of aryl methyl sites for hydroxylation is 1. The van der Waals surface area contributed by atoms with Gasteiger partial charge in [-0.05, 0) is 20.8 Å². The molecule has 2 nitrogen and oxygen atoms in total. The zero-order valence-electron chi connectivity index (χ0n) is 7.42. The second kappa shape index (κ2) is 3.46. The maximum atomic E-state index is 5.21. The minimum atomic E-state index is 0.979. The summed E-state index contributed by atoms with van der Waals surface area (Å²) in [6, 6.07) is 2.06. The van der Waals surface area contributed by atoms with Gasteiger partial charge in [0.15, 0.2) is 0 Å². The zero-order valence-corrected chi connectivity index (χ0v) is 7.42. The van der Waals surface area contributed by atoms with Crippen molar-refractivity contribution < 1.29 is 4.42 Å². The third-order valence-electron chi connectivity index (χ3n) is 1.85. The minimum Gasteiger partial charge on any atom is -0.467 e. The lowest BCUT2D eigenvalue weighted by Crippen LogP contribution is -2.20. The molecule has 0 saturated carbocycles. The van der Waals surface area contributed by atoms with Crippen molar-refractivity contribution in [2.75, 3.05) is 18.0 Å². The van der Waals surface area contributed by atoms with E-state index in [0.717, 1.165) is 18.8 Å². The van der Waals surface area contributed by atoms with Gasteiger partial charge in [-0.2, -0.15) is 0 Å². The van der Waals surface area contributed by atoms with Crippen LogP contribution in [0.25, 0.3) is 0 Å². The Balaban J connectivity index is 2.73. The largest absolute Gasteiger partial charge is 0.467 e. The number of rotatable bonds is 3. The van der Waals surface area contributed by atoms with E-state index in [1.165, 1.54) is 5.69 Å². The van der Waals surface area contributed by atoms with Crippen LogP contribution in [0.2, 0.25) is 0 Å². The number of hydrogen-bond donors (Lipinski definition) is 0. The second-order valence-corrected chi connectivity index (χ2v) is 2.59. The number of nitrogens with zero attached hydrogens (tertiary/aromatic N) is 1. The summed E-state index contributed by atoms with van der Waals surface area (Å²) in [7, 11) is 0. The molecule has 62 valence electrons. The molecule has 0 bridgehead atoms. The van der Waals surface area contributed by atoms with E-state index < -0.39 is 0 Å². The quantitative estimate of drug-likeness (QED) is 0.663. The lowest BCUT2D eigenvalue weighted by Gasteiger charge is -2.17. The summed E-state index contributed by atoms with van der Waals surface area (Å²) in [5.41, 5.74) is 1.19. The van der Waals surface area contributed by atoms with Crippen molar-refractivity contribution in [1.82, 2.24) is 0 Å². The summed E-state index contributed by atoms with van der Waals surface area (Å²) in [6.07, 6.45) is 1.81. The molecule has 0 aliphatic heterocycles. The Labute approximate surface area is 67.8 Å². The summed E-state index contributed by atoms with van der Waals surface area (Å²) in [5, 5.41) is 0. The molecule has 0 amide bonds. The van der Waals surface area contributed by atoms with Crippen LogP contribution in [0.5, 0.6) is 0 Å². The fraction of sp³-hybridized carbons (Fsp3) is 0.556. The topological polar surface area (TPSA) is 16.4 Å². The van der Waals surface area contributed by atoms with Gasteiger partial charge in [0.25, 0.3) is 0 Å². The average molecular weight is 153 g/mol. The molecule has 1 aromatic heterocycles. The Hall–Kier alpha value is -0.920. The highest BCUT2D eigenvalue weighted by molar-refractivity contribution is 5.44. The van der Waals surface area contributed by atoms with E-state index in [9.17, 15) is 0 Å². The van der Waals surface area contributed by atoms with Crippen LogP contribution in [-0.4, -0.2) is 13.1 Å². The summed E-state index contributed by atoms with van der Waals surface area (Å²) in [6.45, 7) is 8.33. The molecule has 0 spiro atoms. The molecular formula is C9H15NO. The molecule has 0 radical (unpaired) electrons. The number of furan rings is 1. The molecule has 0 N–H and O–H groups in total. The first-order chi connectivity index (χ1) is 5.27. The molecule has 1 aromatic rings. The highest BCUT2D eigenvalue weighted by Gasteiger charge is 2.03. The van der Waals surface area contributed by atoms with Crippen molar-refractivity contribution in [2.45, 2.75) is 20.8 Å². The standard InChI is InChI=1S/C9H15NO/c1-4-10(5-2)9-6-8(3)11-7-9/h6-7H,4-5H2,1-3H3. The normalized spacial score (nSPS) is 10.1. The van der Waals surface area contributed by atoms with E-state index in [2.05, 4.69) is 24.8 Å². The smallest absolute Gasteiger partial charge is 0.114 e. The lowest BCUT2D eigenvalue weighted by molar-refractivity contribution is 0.533. The molecule has 1 rings (SSSR count). The van der Waals surface area contributed by atoms with E-state index >= 15 is 0 Å². The maximum absolute atomic E-state index is 5.21. The van der Waals surface area contributed by atoms with Crippen LogP contribution in [-0.2, 0) is 0 Å². The molecule has 2 heteroatoms. The van der Waals surface area contributed by atoms with Gasteiger partial charge in [-0.1, -0.05) is 0 Å². The van der Waals surface area contributed by atoms with Gasteiger partial charge in [0, 0.05) is 19.2 Å². The minimum absolute atomic E-state index is 0.979. The SMILES string of the molecule is CCN(CC)c1coc(C)c1. The van der Waals surface area contributed by atoms with E-state index in [0.29, 0.717) is 0 Å². The van der Waals surface area contributed by atoms with Crippen molar-refractivity contribution in [2.24, 2.45) is 0 Å². The van der Waals surface area contributed by atoms with Gasteiger partial charge in [0.2, 0.25) is 0 Å². The van der Waals surface area contributed by atoms with Gasteiger partial charge in [-0.15, -0.1) is 0 Å². The molecule has 0 saturated heterocycles. The summed E-state index contributed by atoms with van der Waals surface area (Å²) < 4.78 is 5.21. The predicted molar refractivity (Wildman–Crippen MR) is 47.0 cm³/mol. The Morgan fingerprint density at radius 1 is 1.36 bits per heavy atom. The van der Waals surface area contributed by atoms with E-state index in [-0.39, 0.29) is 0 Å². The molecular weight excluding hydrogens is 138 g/mol. The zero-order chi connectivity index (χ0) is 8.27. The molecule has 1 heterocycles. The van der Waals surface area contributed by atoms with E-state index in [1.807, 2.05) is 13.2 Å². The van der Waals surface area contributed by atoms with Crippen LogP contribution in [0.4, 0.5) is 5.69 Å². The number of hydrogen-bond acceptors (Lipinski definition) is 2. The van der Waals surface area contributed by atoms with Crippen molar-refractivity contribution in [1.29, 1.82) is 0 Å². The highest BCUT2D eigenvalue weighted by atomic mass is 16.3. The predicted octanol–water partition coefficient (Wildman–Crippen LogP) is 2.43. The van der Waals surface area contributed by atoms with Crippen LogP contribution in [0.1, 0.15) is 19.6 Å². The Morgan fingerprint density at radius 3 is 2.36 bits per heavy atom. The maximum Gasteiger partial charge on any atom is 0.114 e. The van der Waals surface area contributed by atoms with Crippen molar-refractivity contribution in [3.05, 3.63) is 18.1 Å². The van der Waals surface area contributed by atoms with Crippen molar-refractivity contribution >= 4 is 5.69 Å². The van der Waals surface area contributed by atoms with Gasteiger partial charge < -0.3 is 9.32 Å². The van der Waals surface area contributed by atoms with Crippen LogP contribution in [0.15, 0.2) is 16.7 Å². The Kier molecular flexibility index (Phi) is 2.58. The van der Waals surface area contributed by atoms with Crippen molar-refractivity contribution in [3.63, 3.8) is 0 Å². The van der Waals surface area contributed by atoms with E-state index in [4.69, 9.17) is 4.42 Å². The van der Waals surface area contributed by atoms with Crippen molar-refractivity contribution in [3.8, 4) is 0 Å². The molecule has 0 fully saturated rings. The first-order valence-electron chi connectivity index (χ1n) is 4.08. The Morgan fingerprint density at radius 2 is 2.00 bits per heavy atom. The van der Waals surface area contributed by atoms with Gasteiger partial charge >= 0.3 is 0 Å². The molecule has 0 unspecified atom stereocenters. The molecule has 0 aliphatic rings. The van der Waals surface area contributed by atoms with Gasteiger partial charge in [0.1, 0.15) is 12.0 Å². The fourth-order valence-corrected chi connectivity index (χ4v) is 1.18. The fourth-order valence-electron chi connectivity index (χ4n) is 1.18. The average Bonchev–Trinajstić information content (AvgIpc) is 2.39. The molecule has 0 atom stereocenters. The summed E-state index contributed by atoms with van der Waals surface area (Å²) in [4.78, 5) is 2.26. The first-order valence-corrected chi connectivity index (χ1v) is 4.08. The number of anilines is 1.